The van der Waals surface area contributed by atoms with Gasteiger partial charge < -0.3 is 20.5 Å². The molecule has 3 N–H and O–H groups in total. The molecule has 0 aliphatic rings. The van der Waals surface area contributed by atoms with Crippen LogP contribution in [0.4, 0.5) is 0 Å². The van der Waals surface area contributed by atoms with Crippen molar-refractivity contribution in [3.8, 4) is 5.75 Å². The van der Waals surface area contributed by atoms with Crippen LogP contribution in [0, 0.1) is 0 Å². The molecule has 114 valence electrons. The van der Waals surface area contributed by atoms with Gasteiger partial charge in [0.15, 0.2) is 5.96 Å². The van der Waals surface area contributed by atoms with Gasteiger partial charge in [0.2, 0.25) is 0 Å². The van der Waals surface area contributed by atoms with Gasteiger partial charge in [-0.05, 0) is 31.0 Å². The quantitative estimate of drug-likeness (QED) is 0.307. The summed E-state index contributed by atoms with van der Waals surface area (Å²) in [7, 11) is 1.65. The minimum atomic E-state index is 0. The van der Waals surface area contributed by atoms with Crippen LogP contribution >= 0.6 is 24.0 Å². The molecule has 0 aliphatic carbocycles. The van der Waals surface area contributed by atoms with Crippen LogP contribution in [0.5, 0.6) is 5.75 Å². The number of ether oxygens (including phenoxy) is 2. The minimum absolute atomic E-state index is 0. The SMILES string of the molecule is CCOCCCNC(N)=NCc1cccc(OC)c1.I. The number of nitrogens with two attached hydrogens (primary N) is 1. The molecule has 0 amide bonds. The Balaban J connectivity index is 0.00000361. The zero-order valence-corrected chi connectivity index (χ0v) is 14.4. The third-order valence-electron chi connectivity index (χ3n) is 2.54. The van der Waals surface area contributed by atoms with Crippen LogP contribution in [0.3, 0.4) is 0 Å². The Morgan fingerprint density at radius 2 is 2.20 bits per heavy atom. The van der Waals surface area contributed by atoms with Gasteiger partial charge in [0.05, 0.1) is 13.7 Å². The van der Waals surface area contributed by atoms with E-state index in [2.05, 4.69) is 10.3 Å². The Labute approximate surface area is 138 Å². The highest BCUT2D eigenvalue weighted by Crippen LogP contribution is 2.12. The standard InChI is InChI=1S/C14H23N3O2.HI/c1-3-19-9-5-8-16-14(15)17-11-12-6-4-7-13(10-12)18-2;/h4,6-7,10H,3,5,8-9,11H2,1-2H3,(H3,15,16,17);1H. The maximum Gasteiger partial charge on any atom is 0.188 e. The van der Waals surface area contributed by atoms with Crippen LogP contribution < -0.4 is 15.8 Å². The summed E-state index contributed by atoms with van der Waals surface area (Å²) in [6, 6.07) is 7.79. The fourth-order valence-electron chi connectivity index (χ4n) is 1.54. The van der Waals surface area contributed by atoms with Crippen LogP contribution in [-0.4, -0.2) is 32.8 Å². The summed E-state index contributed by atoms with van der Waals surface area (Å²) in [5.74, 6) is 1.29. The third kappa shape index (κ3) is 8.21. The van der Waals surface area contributed by atoms with Crippen LogP contribution in [0.2, 0.25) is 0 Å². The highest BCUT2D eigenvalue weighted by molar-refractivity contribution is 14.0. The van der Waals surface area contributed by atoms with Crippen molar-refractivity contribution in [2.24, 2.45) is 10.7 Å². The number of hydrogen-bond donors (Lipinski definition) is 2. The molecule has 6 heteroatoms. The van der Waals surface area contributed by atoms with Crippen molar-refractivity contribution in [3.63, 3.8) is 0 Å². The smallest absolute Gasteiger partial charge is 0.188 e. The van der Waals surface area contributed by atoms with Gasteiger partial charge in [-0.25, -0.2) is 4.99 Å². The van der Waals surface area contributed by atoms with Crippen LogP contribution in [0.1, 0.15) is 18.9 Å². The minimum Gasteiger partial charge on any atom is -0.497 e. The average Bonchev–Trinajstić information content (AvgIpc) is 2.45. The van der Waals surface area contributed by atoms with Gasteiger partial charge in [-0.2, -0.15) is 0 Å². The lowest BCUT2D eigenvalue weighted by molar-refractivity contribution is 0.145. The van der Waals surface area contributed by atoms with Crippen molar-refractivity contribution in [2.45, 2.75) is 19.9 Å². The Morgan fingerprint density at radius 3 is 2.90 bits per heavy atom. The lowest BCUT2D eigenvalue weighted by Crippen LogP contribution is -2.32. The van der Waals surface area contributed by atoms with E-state index in [1.165, 1.54) is 0 Å². The molecule has 5 nitrogen and oxygen atoms in total. The van der Waals surface area contributed by atoms with Gasteiger partial charge in [0.1, 0.15) is 5.75 Å². The highest BCUT2D eigenvalue weighted by Gasteiger charge is 1.96. The molecule has 0 aromatic heterocycles. The van der Waals surface area contributed by atoms with Gasteiger partial charge in [-0.3, -0.25) is 0 Å². The molecule has 0 spiro atoms. The van der Waals surface area contributed by atoms with E-state index >= 15 is 0 Å². The zero-order chi connectivity index (χ0) is 13.9. The highest BCUT2D eigenvalue weighted by atomic mass is 127. The summed E-state index contributed by atoms with van der Waals surface area (Å²) in [6.07, 6.45) is 0.920. The summed E-state index contributed by atoms with van der Waals surface area (Å²) in [5.41, 5.74) is 6.84. The number of methoxy groups -OCH3 is 1. The van der Waals surface area contributed by atoms with Crippen LogP contribution in [0.15, 0.2) is 29.3 Å². The molecule has 0 heterocycles. The number of guanidine groups is 1. The third-order valence-corrected chi connectivity index (χ3v) is 2.54. The number of halogens is 1. The van der Waals surface area contributed by atoms with Gasteiger partial charge >= 0.3 is 0 Å². The molecular formula is C14H24IN3O2. The Morgan fingerprint density at radius 1 is 1.40 bits per heavy atom. The van der Waals surface area contributed by atoms with Crippen molar-refractivity contribution in [2.75, 3.05) is 26.9 Å². The van der Waals surface area contributed by atoms with E-state index in [0.717, 1.165) is 37.5 Å². The Bertz CT molecular complexity index is 400. The fourth-order valence-corrected chi connectivity index (χ4v) is 1.54. The summed E-state index contributed by atoms with van der Waals surface area (Å²) in [6.45, 7) is 4.79. The number of hydrogen-bond acceptors (Lipinski definition) is 3. The van der Waals surface area contributed by atoms with Crippen molar-refractivity contribution in [3.05, 3.63) is 29.8 Å². The molecular weight excluding hydrogens is 369 g/mol. The molecule has 1 aromatic carbocycles. The maximum atomic E-state index is 5.77. The lowest BCUT2D eigenvalue weighted by atomic mass is 10.2. The van der Waals surface area contributed by atoms with E-state index in [1.54, 1.807) is 7.11 Å². The summed E-state index contributed by atoms with van der Waals surface area (Å²) >= 11 is 0. The largest absolute Gasteiger partial charge is 0.497 e. The zero-order valence-electron chi connectivity index (χ0n) is 12.1. The number of nitrogens with zero attached hydrogens (tertiary/aromatic N) is 1. The van der Waals surface area contributed by atoms with E-state index in [1.807, 2.05) is 31.2 Å². The summed E-state index contributed by atoms with van der Waals surface area (Å²) in [4.78, 5) is 4.27. The molecule has 0 bridgehead atoms. The molecule has 0 fully saturated rings. The molecule has 1 rings (SSSR count). The van der Waals surface area contributed by atoms with E-state index in [-0.39, 0.29) is 24.0 Å². The predicted molar refractivity (Wildman–Crippen MR) is 92.8 cm³/mol. The number of aliphatic imine (C=N–C) groups is 1. The van der Waals surface area contributed by atoms with E-state index in [4.69, 9.17) is 15.2 Å². The van der Waals surface area contributed by atoms with Crippen LogP contribution in [0.25, 0.3) is 0 Å². The second kappa shape index (κ2) is 11.8. The number of nitrogens with one attached hydrogen (secondary N) is 1. The van der Waals surface area contributed by atoms with Gasteiger partial charge in [-0.1, -0.05) is 12.1 Å². The first-order chi connectivity index (χ1) is 9.26. The lowest BCUT2D eigenvalue weighted by Gasteiger charge is -2.06. The Kier molecular flexibility index (Phi) is 11.2. The first-order valence-electron chi connectivity index (χ1n) is 6.50. The van der Waals surface area contributed by atoms with E-state index < -0.39 is 0 Å². The first kappa shape index (κ1) is 19.0. The molecule has 0 radical (unpaired) electrons. The molecule has 0 saturated carbocycles. The van der Waals surface area contributed by atoms with E-state index in [0.29, 0.717) is 12.5 Å². The van der Waals surface area contributed by atoms with Crippen molar-refractivity contribution in [1.82, 2.24) is 5.32 Å². The number of benzene rings is 1. The molecule has 1 aromatic rings. The van der Waals surface area contributed by atoms with Gasteiger partial charge in [0.25, 0.3) is 0 Å². The van der Waals surface area contributed by atoms with Crippen LogP contribution in [-0.2, 0) is 11.3 Å². The van der Waals surface area contributed by atoms with Crippen molar-refractivity contribution >= 4 is 29.9 Å². The van der Waals surface area contributed by atoms with Crippen molar-refractivity contribution < 1.29 is 9.47 Å². The fraction of sp³-hybridized carbons (Fsp3) is 0.500. The monoisotopic (exact) mass is 393 g/mol. The molecule has 0 aliphatic heterocycles. The topological polar surface area (TPSA) is 68.9 Å². The normalized spacial score (nSPS) is 10.8. The van der Waals surface area contributed by atoms with Gasteiger partial charge in [0, 0.05) is 19.8 Å². The van der Waals surface area contributed by atoms with E-state index in [9.17, 15) is 0 Å². The predicted octanol–water partition coefficient (Wildman–Crippen LogP) is 2.14. The molecule has 0 unspecified atom stereocenters. The maximum absolute atomic E-state index is 5.77. The number of rotatable bonds is 8. The van der Waals surface area contributed by atoms with Crippen molar-refractivity contribution in [1.29, 1.82) is 0 Å². The molecule has 0 saturated heterocycles. The average molecular weight is 393 g/mol. The molecule has 20 heavy (non-hydrogen) atoms. The molecule has 0 atom stereocenters. The summed E-state index contributed by atoms with van der Waals surface area (Å²) < 4.78 is 10.4. The van der Waals surface area contributed by atoms with Gasteiger partial charge in [-0.15, -0.1) is 24.0 Å². The second-order valence-corrected chi connectivity index (χ2v) is 4.03. The Hall–Kier alpha value is -1.02. The second-order valence-electron chi connectivity index (χ2n) is 4.03. The summed E-state index contributed by atoms with van der Waals surface area (Å²) in [5, 5.41) is 3.06. The first-order valence-corrected chi connectivity index (χ1v) is 6.50.